The van der Waals surface area contributed by atoms with Gasteiger partial charge in [0.15, 0.2) is 6.10 Å². The van der Waals surface area contributed by atoms with Crippen LogP contribution in [0.2, 0.25) is 0 Å². The third-order valence-electron chi connectivity index (χ3n) is 3.38. The zero-order chi connectivity index (χ0) is 15.6. The predicted octanol–water partition coefficient (Wildman–Crippen LogP) is 1.77. The summed E-state index contributed by atoms with van der Waals surface area (Å²) in [4.78, 5) is 22.7. The van der Waals surface area contributed by atoms with Gasteiger partial charge in [-0.1, -0.05) is 6.07 Å². The largest absolute Gasteiger partial charge is 0.479 e. The lowest BCUT2D eigenvalue weighted by molar-refractivity contribution is -0.151. The molecule has 114 valence electrons. The van der Waals surface area contributed by atoms with E-state index in [4.69, 9.17) is 9.84 Å². The Hall–Kier alpha value is -2.02. The van der Waals surface area contributed by atoms with E-state index in [1.165, 1.54) is 13.0 Å². The summed E-state index contributed by atoms with van der Waals surface area (Å²) in [6, 6.07) is 2.56. The molecule has 21 heavy (non-hydrogen) atoms. The molecule has 2 N–H and O–H groups in total. The van der Waals surface area contributed by atoms with E-state index >= 15 is 0 Å². The molecule has 0 spiro atoms. The first kappa shape index (κ1) is 15.4. The zero-order valence-electron chi connectivity index (χ0n) is 11.3. The van der Waals surface area contributed by atoms with Crippen molar-refractivity contribution in [3.05, 3.63) is 35.4 Å². The summed E-state index contributed by atoms with van der Waals surface area (Å²) in [5.41, 5.74) is -0.237. The maximum atomic E-state index is 13.6. The van der Waals surface area contributed by atoms with E-state index < -0.39 is 41.8 Å². The number of hydrogen-bond acceptors (Lipinski definition) is 3. The number of ether oxygens (including phenoxy) is 1. The van der Waals surface area contributed by atoms with Gasteiger partial charge in [0.1, 0.15) is 17.7 Å². The normalized spacial score (nSPS) is 22.8. The monoisotopic (exact) mass is 299 g/mol. The molecule has 5 nitrogen and oxygen atoms in total. The highest BCUT2D eigenvalue weighted by molar-refractivity contribution is 5.83. The van der Waals surface area contributed by atoms with E-state index in [0.29, 0.717) is 0 Å². The van der Waals surface area contributed by atoms with Crippen molar-refractivity contribution in [2.24, 2.45) is 0 Å². The number of hydrogen-bond donors (Lipinski definition) is 2. The molecule has 2 rings (SSSR count). The number of carboxylic acids is 1. The molecule has 7 heteroatoms. The van der Waals surface area contributed by atoms with Gasteiger partial charge >= 0.3 is 5.97 Å². The second-order valence-electron chi connectivity index (χ2n) is 4.89. The maximum Gasteiger partial charge on any atom is 0.332 e. The number of rotatable bonds is 4. The van der Waals surface area contributed by atoms with Gasteiger partial charge in [-0.2, -0.15) is 0 Å². The smallest absolute Gasteiger partial charge is 0.332 e. The van der Waals surface area contributed by atoms with Crippen LogP contribution in [-0.2, 0) is 14.3 Å². The van der Waals surface area contributed by atoms with Crippen LogP contribution in [0.25, 0.3) is 0 Å². The molecule has 3 unspecified atom stereocenters. The second kappa shape index (κ2) is 6.17. The van der Waals surface area contributed by atoms with Crippen molar-refractivity contribution >= 4 is 11.9 Å². The Bertz CT molecular complexity index is 544. The third-order valence-corrected chi connectivity index (χ3v) is 3.38. The average Bonchev–Trinajstić information content (AvgIpc) is 2.88. The summed E-state index contributed by atoms with van der Waals surface area (Å²) < 4.78 is 32.3. The van der Waals surface area contributed by atoms with Gasteiger partial charge < -0.3 is 15.2 Å². The lowest BCUT2D eigenvalue weighted by Crippen LogP contribution is -2.37. The van der Waals surface area contributed by atoms with Gasteiger partial charge in [-0.15, -0.1) is 0 Å². The van der Waals surface area contributed by atoms with E-state index in [0.717, 1.165) is 12.1 Å². The van der Waals surface area contributed by atoms with Crippen LogP contribution in [0.15, 0.2) is 18.2 Å². The second-order valence-corrected chi connectivity index (χ2v) is 4.89. The van der Waals surface area contributed by atoms with Crippen LogP contribution < -0.4 is 5.32 Å². The summed E-state index contributed by atoms with van der Waals surface area (Å²) in [5, 5.41) is 11.2. The van der Waals surface area contributed by atoms with Gasteiger partial charge in [0.25, 0.3) is 0 Å². The molecule has 0 aromatic heterocycles. The molecule has 0 bridgehead atoms. The van der Waals surface area contributed by atoms with Crippen molar-refractivity contribution in [3.8, 4) is 0 Å². The molecule has 0 radical (unpaired) electrons. The molecule has 1 aromatic rings. The zero-order valence-corrected chi connectivity index (χ0v) is 11.3. The van der Waals surface area contributed by atoms with E-state index in [9.17, 15) is 18.4 Å². The SMILES string of the molecule is CC(NC(=O)C1CCC(C(=O)O)O1)c1c(F)cccc1F. The highest BCUT2D eigenvalue weighted by Crippen LogP contribution is 2.23. The van der Waals surface area contributed by atoms with Gasteiger partial charge in [-0.3, -0.25) is 4.79 Å². The molecular formula is C14H15F2NO4. The maximum absolute atomic E-state index is 13.6. The Balaban J connectivity index is 2.02. The first-order valence-corrected chi connectivity index (χ1v) is 6.52. The van der Waals surface area contributed by atoms with Gasteiger partial charge in [0.2, 0.25) is 5.91 Å². The Morgan fingerprint density at radius 3 is 2.38 bits per heavy atom. The Kier molecular flexibility index (Phi) is 4.52. The number of amides is 1. The van der Waals surface area contributed by atoms with Crippen molar-refractivity contribution in [1.82, 2.24) is 5.32 Å². The highest BCUT2D eigenvalue weighted by atomic mass is 19.1. The molecule has 1 aromatic carbocycles. The summed E-state index contributed by atoms with van der Waals surface area (Å²) >= 11 is 0. The van der Waals surface area contributed by atoms with Crippen LogP contribution in [0.4, 0.5) is 8.78 Å². The lowest BCUT2D eigenvalue weighted by atomic mass is 10.1. The van der Waals surface area contributed by atoms with Crippen molar-refractivity contribution < 1.29 is 28.2 Å². The first-order valence-electron chi connectivity index (χ1n) is 6.52. The summed E-state index contributed by atoms with van der Waals surface area (Å²) in [6.45, 7) is 1.45. The number of carbonyl (C=O) groups excluding carboxylic acids is 1. The molecular weight excluding hydrogens is 284 g/mol. The number of nitrogens with one attached hydrogen (secondary N) is 1. The minimum atomic E-state index is -1.13. The summed E-state index contributed by atoms with van der Waals surface area (Å²) in [7, 11) is 0. The Morgan fingerprint density at radius 1 is 1.29 bits per heavy atom. The molecule has 3 atom stereocenters. The topological polar surface area (TPSA) is 75.6 Å². The minimum absolute atomic E-state index is 0.232. The quantitative estimate of drug-likeness (QED) is 0.888. The fourth-order valence-corrected chi connectivity index (χ4v) is 2.31. The van der Waals surface area contributed by atoms with E-state index in [1.54, 1.807) is 0 Å². The number of benzene rings is 1. The van der Waals surface area contributed by atoms with E-state index in [-0.39, 0.29) is 18.4 Å². The van der Waals surface area contributed by atoms with Crippen LogP contribution >= 0.6 is 0 Å². The third kappa shape index (κ3) is 3.36. The molecule has 1 aliphatic heterocycles. The lowest BCUT2D eigenvalue weighted by Gasteiger charge is -2.18. The highest BCUT2D eigenvalue weighted by Gasteiger charge is 2.35. The Labute approximate surface area is 119 Å². The number of carboxylic acid groups (broad SMARTS) is 1. The fourth-order valence-electron chi connectivity index (χ4n) is 2.31. The standard InChI is InChI=1S/C14H15F2NO4/c1-7(12-8(15)3-2-4-9(12)16)17-13(18)10-5-6-11(21-10)14(19)20/h2-4,7,10-11H,5-6H2,1H3,(H,17,18)(H,19,20). The van der Waals surface area contributed by atoms with Crippen molar-refractivity contribution in [2.45, 2.75) is 38.0 Å². The summed E-state index contributed by atoms with van der Waals surface area (Å²) in [6.07, 6.45) is -1.44. The van der Waals surface area contributed by atoms with Crippen LogP contribution in [0, 0.1) is 11.6 Å². The van der Waals surface area contributed by atoms with Gasteiger partial charge in [0.05, 0.1) is 6.04 Å². The molecule has 0 saturated carbocycles. The van der Waals surface area contributed by atoms with Crippen LogP contribution in [0.5, 0.6) is 0 Å². The molecule has 1 fully saturated rings. The molecule has 1 aliphatic rings. The molecule has 0 aliphatic carbocycles. The van der Waals surface area contributed by atoms with Crippen molar-refractivity contribution in [2.75, 3.05) is 0 Å². The van der Waals surface area contributed by atoms with Crippen LogP contribution in [0.3, 0.4) is 0 Å². The molecule has 1 saturated heterocycles. The molecule has 1 amide bonds. The predicted molar refractivity (Wildman–Crippen MR) is 68.4 cm³/mol. The first-order chi connectivity index (χ1) is 9.90. The van der Waals surface area contributed by atoms with E-state index in [1.807, 2.05) is 0 Å². The average molecular weight is 299 g/mol. The number of aliphatic carboxylic acids is 1. The van der Waals surface area contributed by atoms with Crippen LogP contribution in [-0.4, -0.2) is 29.2 Å². The number of carbonyl (C=O) groups is 2. The summed E-state index contributed by atoms with van der Waals surface area (Å²) in [5.74, 6) is -3.20. The van der Waals surface area contributed by atoms with Gasteiger partial charge in [0, 0.05) is 5.56 Å². The fraction of sp³-hybridized carbons (Fsp3) is 0.429. The van der Waals surface area contributed by atoms with Crippen LogP contribution in [0.1, 0.15) is 31.4 Å². The van der Waals surface area contributed by atoms with E-state index in [2.05, 4.69) is 5.32 Å². The van der Waals surface area contributed by atoms with Crippen molar-refractivity contribution in [1.29, 1.82) is 0 Å². The minimum Gasteiger partial charge on any atom is -0.479 e. The number of halogens is 2. The molecule has 1 heterocycles. The van der Waals surface area contributed by atoms with Gasteiger partial charge in [-0.05, 0) is 31.9 Å². The van der Waals surface area contributed by atoms with Gasteiger partial charge in [-0.25, -0.2) is 13.6 Å². The van der Waals surface area contributed by atoms with Crippen molar-refractivity contribution in [3.63, 3.8) is 0 Å². The Morgan fingerprint density at radius 2 is 1.86 bits per heavy atom.